The van der Waals surface area contributed by atoms with E-state index < -0.39 is 6.17 Å². The molecular formula is C30H30FN7O. The normalized spacial score (nSPS) is 20.3. The molecule has 2 aliphatic heterocycles. The van der Waals surface area contributed by atoms with Crippen molar-refractivity contribution in [3.05, 3.63) is 89.2 Å². The van der Waals surface area contributed by atoms with E-state index in [1.165, 1.54) is 0 Å². The molecule has 4 N–H and O–H groups in total. The highest BCUT2D eigenvalue weighted by atomic mass is 19.1. The number of amides is 1. The van der Waals surface area contributed by atoms with Gasteiger partial charge in [-0.05, 0) is 43.3 Å². The Bertz CT molecular complexity index is 1510. The van der Waals surface area contributed by atoms with Crippen LogP contribution in [0.1, 0.15) is 34.8 Å². The number of halogens is 1. The Labute approximate surface area is 226 Å². The highest BCUT2D eigenvalue weighted by Gasteiger charge is 2.27. The number of nitrogens with zero attached hydrogens (tertiary/aromatic N) is 4. The number of alkyl halides is 1. The summed E-state index contributed by atoms with van der Waals surface area (Å²) in [5.74, 6) is 0.445. The van der Waals surface area contributed by atoms with Crippen molar-refractivity contribution in [2.75, 3.05) is 30.7 Å². The summed E-state index contributed by atoms with van der Waals surface area (Å²) in [6.45, 7) is 4.60. The zero-order valence-electron chi connectivity index (χ0n) is 21.7. The molecule has 1 fully saturated rings. The molecule has 2 unspecified atom stereocenters. The van der Waals surface area contributed by atoms with Crippen LogP contribution in [0.3, 0.4) is 0 Å². The van der Waals surface area contributed by atoms with Crippen molar-refractivity contribution in [1.82, 2.24) is 20.2 Å². The summed E-state index contributed by atoms with van der Waals surface area (Å²) >= 11 is 0. The average molecular weight is 524 g/mol. The standard InChI is InChI=1S/C30H30FN7O/c1-18-17-38(13-12-33-18)29(39)19-6-9-22(10-7-19)36-30-35-16-20-15-34-28(24-4-2-3-5-26(24)31)25-14-21(32)8-11-23(25)27(20)37-30/h2-4,6-11,14,16,18,26,33H,5,12-13,15,17,32H2,1H3,(H,35,36,37). The van der Waals surface area contributed by atoms with Gasteiger partial charge >= 0.3 is 0 Å². The first kappa shape index (κ1) is 24.9. The van der Waals surface area contributed by atoms with Gasteiger partial charge in [-0.1, -0.05) is 24.3 Å². The molecule has 1 aliphatic carbocycles. The second-order valence-corrected chi connectivity index (χ2v) is 10.1. The zero-order chi connectivity index (χ0) is 26.9. The van der Waals surface area contributed by atoms with Crippen LogP contribution in [-0.4, -0.2) is 58.3 Å². The number of hydrogen-bond donors (Lipinski definition) is 3. The molecule has 3 heterocycles. The third-order valence-electron chi connectivity index (χ3n) is 7.24. The monoisotopic (exact) mass is 523 g/mol. The van der Waals surface area contributed by atoms with Crippen molar-refractivity contribution >= 4 is 28.9 Å². The highest BCUT2D eigenvalue weighted by Crippen LogP contribution is 2.35. The molecule has 1 saturated heterocycles. The van der Waals surface area contributed by atoms with E-state index in [1.54, 1.807) is 12.3 Å². The smallest absolute Gasteiger partial charge is 0.253 e. The number of aliphatic imine (C=N–C) groups is 1. The van der Waals surface area contributed by atoms with Crippen LogP contribution >= 0.6 is 0 Å². The lowest BCUT2D eigenvalue weighted by Crippen LogP contribution is -2.51. The Morgan fingerprint density at radius 3 is 2.82 bits per heavy atom. The first-order chi connectivity index (χ1) is 19.0. The largest absolute Gasteiger partial charge is 0.399 e. The molecule has 6 rings (SSSR count). The Balaban J connectivity index is 1.27. The predicted octanol–water partition coefficient (Wildman–Crippen LogP) is 4.43. The second kappa shape index (κ2) is 10.4. The maximum Gasteiger partial charge on any atom is 0.253 e. The van der Waals surface area contributed by atoms with Crippen molar-refractivity contribution in [3.63, 3.8) is 0 Å². The Morgan fingerprint density at radius 2 is 2.03 bits per heavy atom. The van der Waals surface area contributed by atoms with Crippen LogP contribution in [0, 0.1) is 0 Å². The number of rotatable bonds is 4. The molecule has 2 atom stereocenters. The quantitative estimate of drug-likeness (QED) is 0.437. The number of allylic oxidation sites excluding steroid dienone is 4. The maximum absolute atomic E-state index is 14.9. The van der Waals surface area contributed by atoms with Crippen molar-refractivity contribution in [2.45, 2.75) is 32.1 Å². The van der Waals surface area contributed by atoms with Gasteiger partial charge in [0.25, 0.3) is 5.91 Å². The van der Waals surface area contributed by atoms with E-state index in [2.05, 4.69) is 22.5 Å². The molecule has 198 valence electrons. The van der Waals surface area contributed by atoms with Crippen LogP contribution in [0.25, 0.3) is 11.3 Å². The van der Waals surface area contributed by atoms with E-state index in [-0.39, 0.29) is 11.9 Å². The van der Waals surface area contributed by atoms with Crippen LogP contribution in [-0.2, 0) is 6.54 Å². The number of aromatic nitrogens is 2. The van der Waals surface area contributed by atoms with E-state index in [1.807, 2.05) is 59.5 Å². The zero-order valence-corrected chi connectivity index (χ0v) is 21.7. The number of nitrogens with one attached hydrogen (secondary N) is 2. The molecule has 3 aliphatic rings. The van der Waals surface area contributed by atoms with E-state index in [4.69, 9.17) is 15.7 Å². The third-order valence-corrected chi connectivity index (χ3v) is 7.24. The molecular weight excluding hydrogens is 493 g/mol. The first-order valence-corrected chi connectivity index (χ1v) is 13.2. The summed E-state index contributed by atoms with van der Waals surface area (Å²) < 4.78 is 14.9. The molecule has 2 aromatic carbocycles. The number of nitrogen functional groups attached to an aromatic ring is 1. The number of benzene rings is 2. The van der Waals surface area contributed by atoms with Crippen molar-refractivity contribution in [3.8, 4) is 11.3 Å². The fourth-order valence-electron chi connectivity index (χ4n) is 5.23. The number of anilines is 3. The Kier molecular flexibility index (Phi) is 6.66. The van der Waals surface area contributed by atoms with Gasteiger partial charge in [-0.15, -0.1) is 0 Å². The maximum atomic E-state index is 14.9. The molecule has 0 saturated carbocycles. The number of nitrogens with two attached hydrogens (primary N) is 1. The van der Waals surface area contributed by atoms with Crippen LogP contribution in [0.4, 0.5) is 21.7 Å². The summed E-state index contributed by atoms with van der Waals surface area (Å²) in [4.78, 5) is 28.9. The van der Waals surface area contributed by atoms with Gasteiger partial charge in [0.1, 0.15) is 6.17 Å². The molecule has 39 heavy (non-hydrogen) atoms. The molecule has 9 heteroatoms. The van der Waals surface area contributed by atoms with Gasteiger partial charge < -0.3 is 21.3 Å². The van der Waals surface area contributed by atoms with E-state index in [0.717, 1.165) is 34.6 Å². The van der Waals surface area contributed by atoms with E-state index in [0.29, 0.717) is 54.5 Å². The lowest BCUT2D eigenvalue weighted by molar-refractivity contribution is 0.0709. The summed E-state index contributed by atoms with van der Waals surface area (Å²) in [5.41, 5.74) is 12.4. The summed E-state index contributed by atoms with van der Waals surface area (Å²) in [7, 11) is 0. The second-order valence-electron chi connectivity index (χ2n) is 10.1. The van der Waals surface area contributed by atoms with Crippen LogP contribution in [0.2, 0.25) is 0 Å². The number of carbonyl (C=O) groups excluding carboxylic acids is 1. The molecule has 0 spiro atoms. The Hall–Kier alpha value is -4.37. The number of piperazine rings is 1. The van der Waals surface area contributed by atoms with Crippen LogP contribution in [0.5, 0.6) is 0 Å². The minimum Gasteiger partial charge on any atom is -0.399 e. The lowest BCUT2D eigenvalue weighted by Gasteiger charge is -2.32. The number of fused-ring (bicyclic) bond motifs is 3. The van der Waals surface area contributed by atoms with Gasteiger partial charge in [0.15, 0.2) is 0 Å². The molecule has 1 aromatic heterocycles. The highest BCUT2D eigenvalue weighted by molar-refractivity contribution is 6.17. The summed E-state index contributed by atoms with van der Waals surface area (Å²) in [5, 5.41) is 6.61. The third kappa shape index (κ3) is 5.05. The average Bonchev–Trinajstić information content (AvgIpc) is 3.10. The van der Waals surface area contributed by atoms with Gasteiger partial charge in [0.2, 0.25) is 5.95 Å². The van der Waals surface area contributed by atoms with Gasteiger partial charge in [-0.3, -0.25) is 9.79 Å². The SMILES string of the molecule is CC1CN(C(=O)c2ccc(Nc3ncc4c(n3)-c3ccc(N)cc3C(C3=CC=CCC3F)=NC4)cc2)CCN1. The molecule has 1 amide bonds. The topological polar surface area (TPSA) is 109 Å². The van der Waals surface area contributed by atoms with Crippen LogP contribution < -0.4 is 16.4 Å². The molecule has 0 radical (unpaired) electrons. The predicted molar refractivity (Wildman–Crippen MR) is 152 cm³/mol. The summed E-state index contributed by atoms with van der Waals surface area (Å²) in [6, 6.07) is 13.2. The van der Waals surface area contributed by atoms with E-state index in [9.17, 15) is 9.18 Å². The van der Waals surface area contributed by atoms with Gasteiger partial charge in [0.05, 0.1) is 18.0 Å². The van der Waals surface area contributed by atoms with Gasteiger partial charge in [-0.25, -0.2) is 14.4 Å². The van der Waals surface area contributed by atoms with Crippen molar-refractivity contribution < 1.29 is 9.18 Å². The van der Waals surface area contributed by atoms with Gasteiger partial charge in [0, 0.05) is 77.5 Å². The fourth-order valence-corrected chi connectivity index (χ4v) is 5.23. The van der Waals surface area contributed by atoms with Crippen LogP contribution in [0.15, 0.2) is 77.5 Å². The number of carbonyl (C=O) groups is 1. The summed E-state index contributed by atoms with van der Waals surface area (Å²) in [6.07, 6.45) is 6.41. The van der Waals surface area contributed by atoms with Crippen molar-refractivity contribution in [1.29, 1.82) is 0 Å². The molecule has 8 nitrogen and oxygen atoms in total. The minimum atomic E-state index is -1.13. The minimum absolute atomic E-state index is 0.0296. The first-order valence-electron chi connectivity index (χ1n) is 13.2. The number of hydrogen-bond acceptors (Lipinski definition) is 7. The van der Waals surface area contributed by atoms with E-state index >= 15 is 0 Å². The van der Waals surface area contributed by atoms with Gasteiger partial charge in [-0.2, -0.15) is 0 Å². The Morgan fingerprint density at radius 1 is 1.18 bits per heavy atom. The molecule has 3 aromatic rings. The van der Waals surface area contributed by atoms with Crippen molar-refractivity contribution in [2.24, 2.45) is 4.99 Å². The fraction of sp³-hybridized carbons (Fsp3) is 0.267. The lowest BCUT2D eigenvalue weighted by atomic mass is 9.90. The molecule has 0 bridgehead atoms.